The number of aliphatic hydroxyl groups is 1. The maximum Gasteiger partial charge on any atom is 0.306 e. The molecule has 3 fully saturated rings. The minimum atomic E-state index is -2.15. The number of aldehydes is 1. The number of aliphatic hydroxyl groups excluding tert-OH is 1. The van der Waals surface area contributed by atoms with Gasteiger partial charge in [0.25, 0.3) is 0 Å². The van der Waals surface area contributed by atoms with Crippen molar-refractivity contribution < 1.29 is 42.9 Å². The molecular formula is C29H39FO8. The van der Waals surface area contributed by atoms with Crippen LogP contribution in [0.3, 0.4) is 0 Å². The molecule has 0 aliphatic heterocycles. The molecule has 8 nitrogen and oxygen atoms in total. The van der Waals surface area contributed by atoms with Gasteiger partial charge in [-0.15, -0.1) is 0 Å². The van der Waals surface area contributed by atoms with Gasteiger partial charge < -0.3 is 19.4 Å². The number of hydrogen-bond acceptors (Lipinski definition) is 8. The van der Waals surface area contributed by atoms with Crippen molar-refractivity contribution in [3.8, 4) is 0 Å². The van der Waals surface area contributed by atoms with E-state index in [0.29, 0.717) is 18.3 Å². The Morgan fingerprint density at radius 3 is 2.39 bits per heavy atom. The number of halogens is 1. The quantitative estimate of drug-likeness (QED) is 0.228. The molecule has 3 saturated carbocycles. The number of Topliss-reactive ketones (excluding diaryl/α,β-unsaturated/α-hetero) is 2. The third-order valence-corrected chi connectivity index (χ3v) is 10.5. The van der Waals surface area contributed by atoms with Gasteiger partial charge >= 0.3 is 11.9 Å². The molecule has 0 aromatic carbocycles. The lowest BCUT2D eigenvalue weighted by molar-refractivity contribution is -0.232. The van der Waals surface area contributed by atoms with E-state index in [2.05, 4.69) is 0 Å². The molecule has 9 atom stereocenters. The summed E-state index contributed by atoms with van der Waals surface area (Å²) in [5, 5.41) is 11.6. The fourth-order valence-electron chi connectivity index (χ4n) is 8.53. The second kappa shape index (κ2) is 9.65. The van der Waals surface area contributed by atoms with Crippen molar-refractivity contribution in [2.45, 2.75) is 96.9 Å². The summed E-state index contributed by atoms with van der Waals surface area (Å²) in [6.45, 7) is 7.88. The zero-order chi connectivity index (χ0) is 28.3. The maximum atomic E-state index is 17.6. The van der Waals surface area contributed by atoms with Crippen LogP contribution in [0.15, 0.2) is 11.6 Å². The van der Waals surface area contributed by atoms with Crippen molar-refractivity contribution >= 4 is 29.8 Å². The van der Waals surface area contributed by atoms with Gasteiger partial charge in [-0.3, -0.25) is 19.2 Å². The van der Waals surface area contributed by atoms with Crippen molar-refractivity contribution in [3.63, 3.8) is 0 Å². The molecule has 9 heteroatoms. The van der Waals surface area contributed by atoms with Crippen LogP contribution in [0.25, 0.3) is 0 Å². The highest BCUT2D eigenvalue weighted by molar-refractivity contribution is 5.96. The largest absolute Gasteiger partial charge is 0.457 e. The summed E-state index contributed by atoms with van der Waals surface area (Å²) in [7, 11) is 0. The number of fused-ring (bicyclic) bond motifs is 5. The first-order valence-electron chi connectivity index (χ1n) is 13.7. The van der Waals surface area contributed by atoms with Crippen LogP contribution in [0.2, 0.25) is 0 Å². The van der Waals surface area contributed by atoms with Gasteiger partial charge in [-0.25, -0.2) is 4.39 Å². The Balaban J connectivity index is 1.81. The molecule has 210 valence electrons. The van der Waals surface area contributed by atoms with E-state index in [0.717, 1.165) is 0 Å². The highest BCUT2D eigenvalue weighted by atomic mass is 19.1. The van der Waals surface area contributed by atoms with Crippen molar-refractivity contribution in [1.29, 1.82) is 0 Å². The van der Waals surface area contributed by atoms with Gasteiger partial charge in [0, 0.05) is 41.9 Å². The van der Waals surface area contributed by atoms with Gasteiger partial charge in [0.2, 0.25) is 5.78 Å². The van der Waals surface area contributed by atoms with E-state index in [9.17, 15) is 29.1 Å². The molecule has 4 aliphatic carbocycles. The van der Waals surface area contributed by atoms with Crippen molar-refractivity contribution in [1.82, 2.24) is 0 Å². The molecule has 4 rings (SSSR count). The molecule has 38 heavy (non-hydrogen) atoms. The van der Waals surface area contributed by atoms with Gasteiger partial charge in [-0.05, 0) is 31.6 Å². The van der Waals surface area contributed by atoms with E-state index < -0.39 is 76.2 Å². The fraction of sp³-hybridized carbons (Fsp3) is 0.759. The number of carbonyl (C=O) groups is 5. The van der Waals surface area contributed by atoms with Crippen molar-refractivity contribution in [2.24, 2.45) is 34.5 Å². The van der Waals surface area contributed by atoms with Gasteiger partial charge in [0.15, 0.2) is 12.2 Å². The van der Waals surface area contributed by atoms with Crippen LogP contribution in [0.1, 0.15) is 79.6 Å². The molecule has 0 radical (unpaired) electrons. The SMILES string of the molecule is CCC(=O)OCC(=O)[C@@]1(OC(=O)CC)[C@@H](C)C[C@H]2[C@@H]3CC=C4CC(=O)C(C=O)C[C@]4(C)[C@@]3(F)[C@@H](O)C[C@@]21C. The molecule has 0 saturated heterocycles. The number of alkyl halides is 1. The lowest BCUT2D eigenvalue weighted by Gasteiger charge is -2.63. The van der Waals surface area contributed by atoms with Crippen LogP contribution in [0, 0.1) is 34.5 Å². The Morgan fingerprint density at radius 1 is 1.13 bits per heavy atom. The zero-order valence-corrected chi connectivity index (χ0v) is 22.9. The molecule has 0 spiro atoms. The molecule has 0 aromatic heterocycles. The van der Waals surface area contributed by atoms with Crippen LogP contribution >= 0.6 is 0 Å². The van der Waals surface area contributed by atoms with Crippen LogP contribution < -0.4 is 0 Å². The number of rotatable bonds is 7. The van der Waals surface area contributed by atoms with Crippen molar-refractivity contribution in [2.75, 3.05) is 6.61 Å². The molecular weight excluding hydrogens is 495 g/mol. The number of hydrogen-bond donors (Lipinski definition) is 1. The van der Waals surface area contributed by atoms with Gasteiger partial charge in [0.05, 0.1) is 12.0 Å². The highest BCUT2D eigenvalue weighted by Gasteiger charge is 2.77. The highest BCUT2D eigenvalue weighted by Crippen LogP contribution is 2.71. The third-order valence-electron chi connectivity index (χ3n) is 10.5. The number of ketones is 2. The maximum absolute atomic E-state index is 17.6. The normalized spacial score (nSPS) is 43.7. The first kappa shape index (κ1) is 28.6. The van der Waals surface area contributed by atoms with E-state index in [4.69, 9.17) is 9.47 Å². The second-order valence-corrected chi connectivity index (χ2v) is 12.1. The zero-order valence-electron chi connectivity index (χ0n) is 22.9. The summed E-state index contributed by atoms with van der Waals surface area (Å²) in [6, 6.07) is 0. The average Bonchev–Trinajstić information content (AvgIpc) is 3.09. The lowest BCUT2D eigenvalue weighted by atomic mass is 9.43. The number of ether oxygens (including phenoxy) is 2. The van der Waals surface area contributed by atoms with E-state index in [1.165, 1.54) is 0 Å². The number of esters is 2. The monoisotopic (exact) mass is 534 g/mol. The minimum absolute atomic E-state index is 0.0154. The standard InChI is InChI=1S/C29H39FO8/c1-6-24(35)37-15-23(34)29(38-25(36)7-2)16(3)10-20-19-9-8-18-11-21(32)17(14-31)12-26(18,4)28(19,30)22(33)13-27(20,29)5/h8,14,16-17,19-20,22,33H,6-7,9-13,15H2,1-5H3/t16-,17?,19-,20-,22-,26-,27-,28-,29-/m0/s1. The van der Waals surface area contributed by atoms with Crippen LogP contribution in [-0.2, 0) is 33.4 Å². The summed E-state index contributed by atoms with van der Waals surface area (Å²) in [5.41, 5.74) is -5.61. The minimum Gasteiger partial charge on any atom is -0.457 e. The molecule has 1 unspecified atom stereocenters. The van der Waals surface area contributed by atoms with Gasteiger partial charge in [-0.2, -0.15) is 0 Å². The van der Waals surface area contributed by atoms with E-state index in [-0.39, 0.29) is 44.3 Å². The molecule has 0 aromatic rings. The lowest BCUT2D eigenvalue weighted by Crippen LogP contribution is -2.70. The summed E-state index contributed by atoms with van der Waals surface area (Å²) < 4.78 is 28.7. The van der Waals surface area contributed by atoms with E-state index in [1.54, 1.807) is 34.6 Å². The molecule has 1 N–H and O–H groups in total. The topological polar surface area (TPSA) is 124 Å². The Hall–Kier alpha value is -2.42. The molecule has 0 amide bonds. The number of carbonyl (C=O) groups excluding carboxylic acids is 5. The first-order valence-corrected chi connectivity index (χ1v) is 13.7. The summed E-state index contributed by atoms with van der Waals surface area (Å²) in [4.78, 5) is 62.6. The Morgan fingerprint density at radius 2 is 1.79 bits per heavy atom. The number of allylic oxidation sites excluding steroid dienone is 2. The van der Waals surface area contributed by atoms with Gasteiger partial charge in [0.1, 0.15) is 17.7 Å². The molecule has 4 aliphatic rings. The van der Waals surface area contributed by atoms with Crippen LogP contribution in [-0.4, -0.2) is 58.9 Å². The second-order valence-electron chi connectivity index (χ2n) is 12.1. The molecule has 0 bridgehead atoms. The third kappa shape index (κ3) is 3.67. The van der Waals surface area contributed by atoms with Crippen LogP contribution in [0.4, 0.5) is 4.39 Å². The van der Waals surface area contributed by atoms with Gasteiger partial charge in [-0.1, -0.05) is 46.3 Å². The van der Waals surface area contributed by atoms with Crippen molar-refractivity contribution in [3.05, 3.63) is 11.6 Å². The van der Waals surface area contributed by atoms with E-state index >= 15 is 4.39 Å². The summed E-state index contributed by atoms with van der Waals surface area (Å²) in [6.07, 6.45) is 1.39. The van der Waals surface area contributed by atoms with E-state index in [1.807, 2.05) is 6.08 Å². The Labute approximate surface area is 222 Å². The summed E-state index contributed by atoms with van der Waals surface area (Å²) in [5.74, 6) is -4.63. The molecule has 0 heterocycles. The Kier molecular flexibility index (Phi) is 7.26. The average molecular weight is 535 g/mol. The predicted molar refractivity (Wildman–Crippen MR) is 133 cm³/mol. The van der Waals surface area contributed by atoms with Crippen LogP contribution in [0.5, 0.6) is 0 Å². The predicted octanol–water partition coefficient (Wildman–Crippen LogP) is 3.47. The fourth-order valence-corrected chi connectivity index (χ4v) is 8.53. The smallest absolute Gasteiger partial charge is 0.306 e. The Bertz CT molecular complexity index is 1080. The first-order chi connectivity index (χ1) is 17.8. The summed E-state index contributed by atoms with van der Waals surface area (Å²) >= 11 is 0.